The molecule has 2 aromatic carbocycles. The van der Waals surface area contributed by atoms with Gasteiger partial charge in [0.25, 0.3) is 0 Å². The first-order valence-corrected chi connectivity index (χ1v) is 7.62. The van der Waals surface area contributed by atoms with Gasteiger partial charge in [0.15, 0.2) is 0 Å². The Morgan fingerprint density at radius 3 is 1.95 bits per heavy atom. The molecule has 0 bridgehead atoms. The molecule has 0 fully saturated rings. The molecule has 0 heterocycles. The predicted octanol–water partition coefficient (Wildman–Crippen LogP) is 6.44. The molecule has 0 N–H and O–H groups in total. The van der Waals surface area contributed by atoms with Crippen LogP contribution in [-0.4, -0.2) is 0 Å². The lowest BCUT2D eigenvalue weighted by Gasteiger charge is -2.18. The average Bonchev–Trinajstić information content (AvgIpc) is 2.51. The summed E-state index contributed by atoms with van der Waals surface area (Å²) >= 11 is 0. The average molecular weight is 288 g/mol. The Morgan fingerprint density at radius 2 is 1.41 bits per heavy atom. The van der Waals surface area contributed by atoms with Crippen molar-refractivity contribution in [3.8, 4) is 0 Å². The number of hydrogen-bond donors (Lipinski definition) is 0. The molecule has 0 saturated heterocycles. The van der Waals surface area contributed by atoms with E-state index in [-0.39, 0.29) is 5.41 Å². The van der Waals surface area contributed by atoms with Crippen molar-refractivity contribution in [2.75, 3.05) is 0 Å². The molecule has 0 aliphatic rings. The van der Waals surface area contributed by atoms with Crippen molar-refractivity contribution in [3.05, 3.63) is 83.4 Å². The van der Waals surface area contributed by atoms with Crippen LogP contribution < -0.4 is 0 Å². The van der Waals surface area contributed by atoms with Gasteiger partial charge in [0, 0.05) is 0 Å². The van der Waals surface area contributed by atoms with Crippen molar-refractivity contribution < 1.29 is 0 Å². The summed E-state index contributed by atoms with van der Waals surface area (Å²) in [6, 6.07) is 14.9. The van der Waals surface area contributed by atoms with Gasteiger partial charge in [-0.1, -0.05) is 101 Å². The van der Waals surface area contributed by atoms with Crippen LogP contribution in [0.5, 0.6) is 0 Å². The zero-order valence-corrected chi connectivity index (χ0v) is 13.8. The Hall–Kier alpha value is -2.34. The molecule has 2 aromatic rings. The Labute approximate surface area is 134 Å². The second-order valence-corrected chi connectivity index (χ2v) is 6.46. The number of rotatable bonds is 4. The molecule has 0 aliphatic heterocycles. The summed E-state index contributed by atoms with van der Waals surface area (Å²) in [7, 11) is 0. The summed E-state index contributed by atoms with van der Waals surface area (Å²) in [6.07, 6.45) is 8.03. The van der Waals surface area contributed by atoms with E-state index in [0.29, 0.717) is 0 Å². The molecular weight excluding hydrogens is 264 g/mol. The molecule has 0 saturated carbocycles. The van der Waals surface area contributed by atoms with Crippen molar-refractivity contribution in [3.63, 3.8) is 0 Å². The quantitative estimate of drug-likeness (QED) is 0.568. The van der Waals surface area contributed by atoms with Crippen LogP contribution in [0.3, 0.4) is 0 Å². The summed E-state index contributed by atoms with van der Waals surface area (Å²) in [5, 5.41) is 0. The lowest BCUT2D eigenvalue weighted by atomic mass is 9.86. The van der Waals surface area contributed by atoms with E-state index in [2.05, 4.69) is 82.5 Å². The molecule has 22 heavy (non-hydrogen) atoms. The van der Waals surface area contributed by atoms with Crippen molar-refractivity contribution in [1.29, 1.82) is 0 Å². The van der Waals surface area contributed by atoms with Crippen molar-refractivity contribution >= 4 is 24.3 Å². The maximum Gasteiger partial charge on any atom is -0.0118 e. The highest BCUT2D eigenvalue weighted by Gasteiger charge is 2.12. The lowest BCUT2D eigenvalue weighted by molar-refractivity contribution is 0.590. The smallest absolute Gasteiger partial charge is 0.0118 e. The molecule has 0 atom stereocenters. The van der Waals surface area contributed by atoms with E-state index in [4.69, 9.17) is 0 Å². The Kier molecular flexibility index (Phi) is 4.82. The molecule has 0 aliphatic carbocycles. The van der Waals surface area contributed by atoms with Gasteiger partial charge >= 0.3 is 0 Å². The molecule has 0 nitrogen and oxygen atoms in total. The molecular formula is C22H24. The van der Waals surface area contributed by atoms with Gasteiger partial charge in [-0.15, -0.1) is 0 Å². The standard InChI is InChI=1S/C22H24/c1-6-18-9-8-10-19(21(18)7-2)14-11-17-12-15-20(16-13-17)22(3,4)5/h6-16H,1-2H2,3-5H3. The maximum atomic E-state index is 3.91. The predicted molar refractivity (Wildman–Crippen MR) is 101 cm³/mol. The largest absolute Gasteiger partial charge is 0.0984 e. The van der Waals surface area contributed by atoms with E-state index in [9.17, 15) is 0 Å². The van der Waals surface area contributed by atoms with Crippen molar-refractivity contribution in [2.24, 2.45) is 0 Å². The maximum absolute atomic E-state index is 3.91. The first-order chi connectivity index (χ1) is 10.5. The van der Waals surface area contributed by atoms with Crippen LogP contribution in [0.15, 0.2) is 55.6 Å². The second kappa shape index (κ2) is 6.62. The van der Waals surface area contributed by atoms with E-state index in [1.165, 1.54) is 11.1 Å². The van der Waals surface area contributed by atoms with Gasteiger partial charge in [0.2, 0.25) is 0 Å². The van der Waals surface area contributed by atoms with Gasteiger partial charge in [-0.25, -0.2) is 0 Å². The fraction of sp³-hybridized carbons (Fsp3) is 0.182. The molecule has 0 heteroatoms. The first-order valence-electron chi connectivity index (χ1n) is 7.62. The minimum atomic E-state index is 0.191. The zero-order chi connectivity index (χ0) is 16.2. The van der Waals surface area contributed by atoms with Crippen molar-refractivity contribution in [1.82, 2.24) is 0 Å². The molecule has 112 valence electrons. The van der Waals surface area contributed by atoms with E-state index in [1.54, 1.807) is 0 Å². The molecule has 0 spiro atoms. The molecule has 0 unspecified atom stereocenters. The van der Waals surface area contributed by atoms with Crippen LogP contribution in [0.1, 0.15) is 48.6 Å². The Morgan fingerprint density at radius 1 is 0.773 bits per heavy atom. The topological polar surface area (TPSA) is 0 Å². The summed E-state index contributed by atoms with van der Waals surface area (Å²) in [4.78, 5) is 0. The van der Waals surface area contributed by atoms with E-state index >= 15 is 0 Å². The van der Waals surface area contributed by atoms with Gasteiger partial charge in [0.1, 0.15) is 0 Å². The van der Waals surface area contributed by atoms with Gasteiger partial charge in [-0.05, 0) is 33.2 Å². The van der Waals surface area contributed by atoms with Crippen LogP contribution in [0.25, 0.3) is 24.3 Å². The fourth-order valence-corrected chi connectivity index (χ4v) is 2.44. The zero-order valence-electron chi connectivity index (χ0n) is 13.8. The van der Waals surface area contributed by atoms with Crippen molar-refractivity contribution in [2.45, 2.75) is 26.2 Å². The minimum Gasteiger partial charge on any atom is -0.0984 e. The molecule has 0 radical (unpaired) electrons. The summed E-state index contributed by atoms with van der Waals surface area (Å²) in [5.74, 6) is 0. The van der Waals surface area contributed by atoms with Crippen LogP contribution in [0, 0.1) is 0 Å². The van der Waals surface area contributed by atoms with Gasteiger partial charge < -0.3 is 0 Å². The number of hydrogen-bond acceptors (Lipinski definition) is 0. The number of benzene rings is 2. The van der Waals surface area contributed by atoms with Gasteiger partial charge in [-0.2, -0.15) is 0 Å². The van der Waals surface area contributed by atoms with Crippen LogP contribution >= 0.6 is 0 Å². The minimum absolute atomic E-state index is 0.191. The highest BCUT2D eigenvalue weighted by Crippen LogP contribution is 2.23. The van der Waals surface area contributed by atoms with Gasteiger partial charge in [-0.3, -0.25) is 0 Å². The lowest BCUT2D eigenvalue weighted by Crippen LogP contribution is -2.10. The third-order valence-electron chi connectivity index (χ3n) is 3.83. The fourth-order valence-electron chi connectivity index (χ4n) is 2.44. The molecule has 0 aromatic heterocycles. The van der Waals surface area contributed by atoms with Crippen LogP contribution in [0.4, 0.5) is 0 Å². The third-order valence-corrected chi connectivity index (χ3v) is 3.83. The monoisotopic (exact) mass is 288 g/mol. The normalized spacial score (nSPS) is 11.6. The Balaban J connectivity index is 2.29. The Bertz CT molecular complexity index is 692. The molecule has 0 amide bonds. The molecule has 2 rings (SSSR count). The second-order valence-electron chi connectivity index (χ2n) is 6.46. The van der Waals surface area contributed by atoms with E-state index in [0.717, 1.165) is 16.7 Å². The van der Waals surface area contributed by atoms with E-state index < -0.39 is 0 Å². The summed E-state index contributed by atoms with van der Waals surface area (Å²) in [5.41, 5.74) is 6.14. The van der Waals surface area contributed by atoms with Crippen LogP contribution in [-0.2, 0) is 5.41 Å². The SMILES string of the molecule is C=Cc1cccc(C=Cc2ccc(C(C)(C)C)cc2)c1C=C. The third kappa shape index (κ3) is 3.65. The highest BCUT2D eigenvalue weighted by molar-refractivity contribution is 5.78. The first kappa shape index (κ1) is 16.0. The van der Waals surface area contributed by atoms with Gasteiger partial charge in [0.05, 0.1) is 0 Å². The highest BCUT2D eigenvalue weighted by atomic mass is 14.2. The van der Waals surface area contributed by atoms with E-state index in [1.807, 2.05) is 18.2 Å². The summed E-state index contributed by atoms with van der Waals surface area (Å²) in [6.45, 7) is 14.5. The van der Waals surface area contributed by atoms with Crippen LogP contribution in [0.2, 0.25) is 0 Å². The summed E-state index contributed by atoms with van der Waals surface area (Å²) < 4.78 is 0.